The molecule has 2 aromatic carbocycles. The molecule has 0 aliphatic rings. The molecule has 0 amide bonds. The van der Waals surface area contributed by atoms with Gasteiger partial charge in [0.25, 0.3) is 22.2 Å². The van der Waals surface area contributed by atoms with Crippen LogP contribution in [0.5, 0.6) is 0 Å². The summed E-state index contributed by atoms with van der Waals surface area (Å²) < 4.78 is 1.38. The molecule has 6 rings (SSSR count). The summed E-state index contributed by atoms with van der Waals surface area (Å²) in [6.45, 7) is 0. The number of H-pyrrole nitrogens is 2. The molecule has 0 fully saturated rings. The quantitative estimate of drug-likeness (QED) is 0.333. The number of benzene rings is 2. The van der Waals surface area contributed by atoms with Gasteiger partial charge in [-0.2, -0.15) is 0 Å². The topological polar surface area (TPSA) is 99.9 Å². The monoisotopic (exact) mass is 578 g/mol. The van der Waals surface area contributed by atoms with E-state index in [-0.39, 0.29) is 32.3 Å². The first-order valence-corrected chi connectivity index (χ1v) is 9.49. The molecule has 120 valence electrons. The molecule has 0 saturated carbocycles. The second-order valence-electron chi connectivity index (χ2n) is 5.07. The van der Waals surface area contributed by atoms with Crippen molar-refractivity contribution in [2.75, 3.05) is 0 Å². The fourth-order valence-electron chi connectivity index (χ4n) is 2.94. The van der Waals surface area contributed by atoms with Gasteiger partial charge in [0.15, 0.2) is 0 Å². The van der Waals surface area contributed by atoms with Gasteiger partial charge in [0.2, 0.25) is 0 Å². The molecule has 10 heteroatoms. The van der Waals surface area contributed by atoms with Crippen LogP contribution in [0.1, 0.15) is 0 Å². The summed E-state index contributed by atoms with van der Waals surface area (Å²) in [6.07, 6.45) is 0. The average molecular weight is 582 g/mol. The first-order valence-electron chi connectivity index (χ1n) is 6.32. The van der Waals surface area contributed by atoms with Gasteiger partial charge >= 0.3 is 0 Å². The van der Waals surface area contributed by atoms with Crippen molar-refractivity contribution in [2.24, 2.45) is 0 Å². The van der Waals surface area contributed by atoms with Crippen LogP contribution in [0, 0.1) is 0 Å². The summed E-state index contributed by atoms with van der Waals surface area (Å²) in [5.41, 5.74) is -2.61. The van der Waals surface area contributed by atoms with Crippen LogP contribution in [0.15, 0.2) is 37.1 Å². The average Bonchev–Trinajstić information content (AvgIpc) is 2.74. The van der Waals surface area contributed by atoms with Gasteiger partial charge < -0.3 is 0 Å². The van der Waals surface area contributed by atoms with Gasteiger partial charge in [0, 0.05) is 28.7 Å². The Morgan fingerprint density at radius 2 is 0.625 bits per heavy atom. The maximum Gasteiger partial charge on any atom is 0.259 e. The highest BCUT2D eigenvalue weighted by atomic mass is 79.9. The molecule has 0 atom stereocenters. The number of nitrogens with one attached hydrogen (secondary N) is 2. The van der Waals surface area contributed by atoms with Gasteiger partial charge in [0.05, 0.1) is 21.5 Å². The standard InChI is InChI=1S/C14H2Br4N2O4/c15-7-3-1-2(5(9(7)17)13(23)19-11(3)21)6-10(18)8(16)4(1)12(22)20-14(6)24/h(H,19,21,23)(H,20,22,24). The number of aromatic nitrogens is 2. The number of aromatic amines is 2. The Balaban J connectivity index is 2.79. The van der Waals surface area contributed by atoms with Crippen LogP contribution in [0.3, 0.4) is 0 Å². The molecule has 24 heavy (non-hydrogen) atoms. The van der Waals surface area contributed by atoms with Crippen molar-refractivity contribution in [1.29, 1.82) is 0 Å². The molecule has 0 spiro atoms. The Morgan fingerprint density at radius 3 is 0.833 bits per heavy atom. The molecule has 6 nitrogen and oxygen atoms in total. The van der Waals surface area contributed by atoms with E-state index in [4.69, 9.17) is 0 Å². The van der Waals surface area contributed by atoms with Crippen LogP contribution >= 0.6 is 63.7 Å². The number of fused-ring (bicyclic) bond motifs is 6. The summed E-state index contributed by atoms with van der Waals surface area (Å²) in [4.78, 5) is 54.4. The number of hydrogen-bond acceptors (Lipinski definition) is 4. The smallest absolute Gasteiger partial charge is 0.259 e. The Morgan fingerprint density at radius 1 is 0.417 bits per heavy atom. The lowest BCUT2D eigenvalue weighted by atomic mass is 10.00. The molecular weight excluding hydrogens is 580 g/mol. The molecule has 4 aromatic heterocycles. The third-order valence-electron chi connectivity index (χ3n) is 3.88. The van der Waals surface area contributed by atoms with Crippen LogP contribution in [-0.4, -0.2) is 9.97 Å². The molecule has 6 aromatic rings. The van der Waals surface area contributed by atoms with Crippen molar-refractivity contribution in [2.45, 2.75) is 0 Å². The van der Waals surface area contributed by atoms with Gasteiger partial charge in [0.1, 0.15) is 0 Å². The zero-order chi connectivity index (χ0) is 17.5. The van der Waals surface area contributed by atoms with E-state index < -0.39 is 22.2 Å². The van der Waals surface area contributed by atoms with Crippen molar-refractivity contribution in [3.8, 4) is 0 Å². The van der Waals surface area contributed by atoms with E-state index in [0.29, 0.717) is 17.9 Å². The molecule has 0 aliphatic heterocycles. The molecule has 0 saturated heterocycles. The molecule has 0 radical (unpaired) electrons. The minimum atomic E-state index is -0.652. The fourth-order valence-corrected chi connectivity index (χ4v) is 5.24. The normalized spacial score (nSPS) is 12.0. The number of rotatable bonds is 0. The minimum Gasteiger partial charge on any atom is -0.288 e. The summed E-state index contributed by atoms with van der Waals surface area (Å²) >= 11 is 13.2. The summed E-state index contributed by atoms with van der Waals surface area (Å²) in [5.74, 6) is 0. The zero-order valence-corrected chi connectivity index (χ0v) is 17.5. The fraction of sp³-hybridized carbons (Fsp3) is 0. The van der Waals surface area contributed by atoms with E-state index >= 15 is 0 Å². The molecule has 0 aliphatic carbocycles. The minimum absolute atomic E-state index is 0.112. The Labute approximate surface area is 164 Å². The summed E-state index contributed by atoms with van der Waals surface area (Å²) in [5, 5.41) is 0.941. The highest BCUT2D eigenvalue weighted by Crippen LogP contribution is 2.44. The SMILES string of the molecule is O=c1[nH]c(=O)c2c(Br)c(Br)c1c1c3c(Br)c(Br)c(c(=O)[nH]c3=O)c21. The Hall–Kier alpha value is -1.10. The van der Waals surface area contributed by atoms with E-state index in [1.165, 1.54) is 0 Å². The molecule has 0 unspecified atom stereocenters. The van der Waals surface area contributed by atoms with Gasteiger partial charge in [-0.25, -0.2) is 0 Å². The van der Waals surface area contributed by atoms with Crippen LogP contribution in [0.25, 0.3) is 32.3 Å². The molecule has 4 bridgehead atoms. The van der Waals surface area contributed by atoms with Gasteiger partial charge in [-0.05, 0) is 63.7 Å². The highest BCUT2D eigenvalue weighted by Gasteiger charge is 2.26. The summed E-state index contributed by atoms with van der Waals surface area (Å²) in [6, 6.07) is 0. The third-order valence-corrected chi connectivity index (χ3v) is 8.11. The van der Waals surface area contributed by atoms with Gasteiger partial charge in [-0.3, -0.25) is 29.1 Å². The maximum absolute atomic E-state index is 12.5. The van der Waals surface area contributed by atoms with Crippen molar-refractivity contribution in [3.63, 3.8) is 0 Å². The lowest BCUT2D eigenvalue weighted by molar-refractivity contribution is 1.23. The molecule has 4 heterocycles. The van der Waals surface area contributed by atoms with Crippen molar-refractivity contribution in [1.82, 2.24) is 9.97 Å². The van der Waals surface area contributed by atoms with Crippen LogP contribution in [-0.2, 0) is 0 Å². The van der Waals surface area contributed by atoms with E-state index in [1.807, 2.05) is 0 Å². The van der Waals surface area contributed by atoms with E-state index in [2.05, 4.69) is 73.7 Å². The lowest BCUT2D eigenvalue weighted by Crippen LogP contribution is -2.14. The first kappa shape index (κ1) is 16.4. The predicted octanol–water partition coefficient (Wildman–Crippen LogP) is 3.17. The van der Waals surface area contributed by atoms with Crippen molar-refractivity contribution < 1.29 is 0 Å². The zero-order valence-electron chi connectivity index (χ0n) is 11.1. The predicted molar refractivity (Wildman–Crippen MR) is 106 cm³/mol. The van der Waals surface area contributed by atoms with Gasteiger partial charge in [-0.15, -0.1) is 0 Å². The van der Waals surface area contributed by atoms with Crippen LogP contribution in [0.4, 0.5) is 0 Å². The third kappa shape index (κ3) is 1.85. The second kappa shape index (κ2) is 5.20. The van der Waals surface area contributed by atoms with Crippen molar-refractivity contribution >= 4 is 96.0 Å². The van der Waals surface area contributed by atoms with E-state index in [0.717, 1.165) is 0 Å². The van der Waals surface area contributed by atoms with Gasteiger partial charge in [-0.1, -0.05) is 0 Å². The molecule has 2 N–H and O–H groups in total. The Bertz CT molecular complexity index is 1210. The largest absolute Gasteiger partial charge is 0.288 e. The maximum atomic E-state index is 12.5. The highest BCUT2D eigenvalue weighted by molar-refractivity contribution is 9.13. The molecular formula is C14H2Br4N2O4. The van der Waals surface area contributed by atoms with E-state index in [9.17, 15) is 19.2 Å². The first-order chi connectivity index (χ1) is 11.3. The summed E-state index contributed by atoms with van der Waals surface area (Å²) in [7, 11) is 0. The number of halogens is 4. The van der Waals surface area contributed by atoms with Crippen molar-refractivity contribution in [3.05, 3.63) is 59.3 Å². The second-order valence-corrected chi connectivity index (χ2v) is 8.24. The van der Waals surface area contributed by atoms with Crippen LogP contribution < -0.4 is 22.2 Å². The van der Waals surface area contributed by atoms with E-state index in [1.54, 1.807) is 0 Å². The Kier molecular flexibility index (Phi) is 3.55. The van der Waals surface area contributed by atoms with Crippen LogP contribution in [0.2, 0.25) is 0 Å². The lowest BCUT2D eigenvalue weighted by Gasteiger charge is -2.09. The number of hydrogen-bond donors (Lipinski definition) is 2.